The summed E-state index contributed by atoms with van der Waals surface area (Å²) in [5.41, 5.74) is 5.97. The van der Waals surface area contributed by atoms with E-state index in [2.05, 4.69) is 30.2 Å². The minimum atomic E-state index is -2.64. The number of thioether (sulfide) groups is 1. The number of nitrogens with zero attached hydrogens (tertiary/aromatic N) is 5. The van der Waals surface area contributed by atoms with E-state index in [1.165, 1.54) is 36.3 Å². The maximum absolute atomic E-state index is 15.0. The zero-order valence-corrected chi connectivity index (χ0v) is 18.6. The first-order chi connectivity index (χ1) is 18.2. The average Bonchev–Trinajstić information content (AvgIpc) is 3.59. The van der Waals surface area contributed by atoms with Gasteiger partial charge >= 0.3 is 0 Å². The Bertz CT molecular complexity index is 1560. The van der Waals surface area contributed by atoms with Crippen molar-refractivity contribution in [2.45, 2.75) is 30.5 Å². The molecule has 1 saturated carbocycles. The first-order valence-electron chi connectivity index (χ1n) is 12.6. The summed E-state index contributed by atoms with van der Waals surface area (Å²) >= 11 is 1.18. The Hall–Kier alpha value is -3.52. The molecule has 0 amide bonds. The molecule has 4 heterocycles. The Balaban J connectivity index is 1.43. The monoisotopic (exact) mass is 486 g/mol. The van der Waals surface area contributed by atoms with Crippen LogP contribution in [0.25, 0.3) is 11.0 Å². The van der Waals surface area contributed by atoms with E-state index in [0.717, 1.165) is 6.20 Å². The number of nitrogens with two attached hydrogens (primary N) is 1. The number of rotatable bonds is 6. The van der Waals surface area contributed by atoms with Crippen molar-refractivity contribution in [3.63, 3.8) is 0 Å². The molecule has 0 saturated heterocycles. The van der Waals surface area contributed by atoms with Crippen LogP contribution in [0.3, 0.4) is 0 Å². The van der Waals surface area contributed by atoms with E-state index >= 15 is 0 Å². The first-order valence-corrected chi connectivity index (χ1v) is 10.9. The van der Waals surface area contributed by atoms with E-state index in [0.29, 0.717) is 12.1 Å². The lowest BCUT2D eigenvalue weighted by Crippen LogP contribution is -2.37. The number of nitrogens with one attached hydrogen (secondary N) is 1. The smallest absolute Gasteiger partial charge is 0.233 e. The Morgan fingerprint density at radius 2 is 2.29 bits per heavy atom. The summed E-state index contributed by atoms with van der Waals surface area (Å²) in [5.74, 6) is 2.77. The molecule has 2 aliphatic rings. The van der Waals surface area contributed by atoms with Gasteiger partial charge in [-0.05, 0) is 32.3 Å². The number of aliphatic imine (C=N–C) groups is 1. The molecule has 174 valence electrons. The van der Waals surface area contributed by atoms with Gasteiger partial charge in [0.05, 0.1) is 36.6 Å². The topological polar surface area (TPSA) is 111 Å². The van der Waals surface area contributed by atoms with Crippen molar-refractivity contribution in [1.29, 1.82) is 0 Å². The number of ether oxygens (including phenoxy) is 1. The predicted molar refractivity (Wildman–Crippen MR) is 127 cm³/mol. The Morgan fingerprint density at radius 3 is 3.12 bits per heavy atom. The van der Waals surface area contributed by atoms with Gasteiger partial charge in [0.25, 0.3) is 0 Å². The summed E-state index contributed by atoms with van der Waals surface area (Å²) in [6, 6.07) is 3.04. The molecule has 0 unspecified atom stereocenters. The average molecular weight is 487 g/mol. The van der Waals surface area contributed by atoms with Crippen molar-refractivity contribution in [3.8, 4) is 17.7 Å². The van der Waals surface area contributed by atoms with Crippen LogP contribution >= 0.6 is 11.8 Å². The van der Waals surface area contributed by atoms with Gasteiger partial charge in [0, 0.05) is 21.8 Å². The quantitative estimate of drug-likeness (QED) is 0.401. The van der Waals surface area contributed by atoms with Crippen LogP contribution in [0.4, 0.5) is 20.3 Å². The molecule has 3 aromatic rings. The minimum absolute atomic E-state index is 0.165. The summed E-state index contributed by atoms with van der Waals surface area (Å²) in [4.78, 5) is 21.1. The molecule has 1 aliphatic carbocycles. The van der Waals surface area contributed by atoms with Gasteiger partial charge < -0.3 is 15.8 Å². The molecule has 8 nitrogen and oxygen atoms in total. The van der Waals surface area contributed by atoms with Crippen molar-refractivity contribution in [2.24, 2.45) is 16.6 Å². The third kappa shape index (κ3) is 3.77. The fraction of sp³-hybridized carbons (Fsp3) is 0.348. The third-order valence-corrected chi connectivity index (χ3v) is 7.20. The standard InChI is InChI=1S/C23H21F2N7OS/c1-3-4-7-33-17-11-28-18-15(31-17)5-6-27-20(18)30-13-8-14(19(25)29-10-13)22(2)16-9-23(16,12-24)34-21(26)32-22/h5-6,8,10-11,16H,7,9,12H2,1-2H3,(H2,26,32)(H,27,30)/t16-,22+,23+/m0/s1/i1D3,7D2. The van der Waals surface area contributed by atoms with Gasteiger partial charge in [-0.15, -0.1) is 5.92 Å². The van der Waals surface area contributed by atoms with E-state index in [9.17, 15) is 8.78 Å². The molecule has 3 aromatic heterocycles. The molecule has 1 aliphatic heterocycles. The van der Waals surface area contributed by atoms with Gasteiger partial charge in [-0.1, -0.05) is 17.7 Å². The molecule has 3 atom stereocenters. The molecule has 3 N–H and O–H groups in total. The van der Waals surface area contributed by atoms with Gasteiger partial charge in [-0.3, -0.25) is 4.99 Å². The van der Waals surface area contributed by atoms with Gasteiger partial charge in [-0.25, -0.2) is 24.3 Å². The van der Waals surface area contributed by atoms with Gasteiger partial charge in [-0.2, -0.15) is 4.39 Å². The number of alkyl halides is 1. The fourth-order valence-electron chi connectivity index (χ4n) is 4.25. The van der Waals surface area contributed by atoms with Gasteiger partial charge in [0.1, 0.15) is 12.2 Å². The third-order valence-electron chi connectivity index (χ3n) is 5.93. The SMILES string of the molecule is [2H]C([2H])([2H])C#CC([2H])([2H])Oc1cnc2c(Nc3cnc(F)c([C@@]4(C)N=C(N)S[C@@]5(CF)C[C@H]54)c3)nccc2n1. The summed E-state index contributed by atoms with van der Waals surface area (Å²) in [7, 11) is 0. The number of hydrogen-bond acceptors (Lipinski definition) is 9. The zero-order chi connectivity index (χ0) is 28.2. The lowest BCUT2D eigenvalue weighted by atomic mass is 9.86. The molecular weight excluding hydrogens is 460 g/mol. The number of fused-ring (bicyclic) bond motifs is 2. The maximum atomic E-state index is 15.0. The van der Waals surface area contributed by atoms with Crippen LogP contribution in [0.1, 0.15) is 32.6 Å². The highest BCUT2D eigenvalue weighted by Crippen LogP contribution is 2.66. The molecule has 0 bridgehead atoms. The molecule has 5 rings (SSSR count). The molecule has 11 heteroatoms. The van der Waals surface area contributed by atoms with E-state index in [-0.39, 0.29) is 39.4 Å². The highest BCUT2D eigenvalue weighted by molar-refractivity contribution is 8.15. The normalized spacial score (nSPS) is 28.0. The molecule has 0 aromatic carbocycles. The lowest BCUT2D eigenvalue weighted by Gasteiger charge is -2.33. The highest BCUT2D eigenvalue weighted by Gasteiger charge is 2.66. The van der Waals surface area contributed by atoms with Crippen molar-refractivity contribution in [3.05, 3.63) is 42.2 Å². The molecular formula is C23H21F2N7OS. The summed E-state index contributed by atoms with van der Waals surface area (Å²) in [6.07, 6.45) is 4.34. The van der Waals surface area contributed by atoms with Crippen LogP contribution < -0.4 is 15.8 Å². The Labute approximate surface area is 205 Å². The molecule has 0 spiro atoms. The zero-order valence-electron chi connectivity index (χ0n) is 22.8. The van der Waals surface area contributed by atoms with Crippen molar-refractivity contribution in [1.82, 2.24) is 19.9 Å². The number of anilines is 2. The van der Waals surface area contributed by atoms with E-state index < -0.39 is 36.3 Å². The summed E-state index contributed by atoms with van der Waals surface area (Å²) in [6.45, 7) is -4.15. The van der Waals surface area contributed by atoms with E-state index in [1.807, 2.05) is 11.8 Å². The minimum Gasteiger partial charge on any atom is -0.463 e. The number of halogens is 2. The van der Waals surface area contributed by atoms with Crippen LogP contribution in [0.15, 0.2) is 35.7 Å². The van der Waals surface area contributed by atoms with Gasteiger partial charge in [0.15, 0.2) is 17.5 Å². The first kappa shape index (κ1) is 17.0. The van der Waals surface area contributed by atoms with Crippen molar-refractivity contribution < 1.29 is 20.4 Å². The van der Waals surface area contributed by atoms with Gasteiger partial charge in [0.2, 0.25) is 11.8 Å². The second-order valence-corrected chi connectivity index (χ2v) is 9.47. The maximum Gasteiger partial charge on any atom is 0.233 e. The van der Waals surface area contributed by atoms with Crippen molar-refractivity contribution >= 4 is 39.5 Å². The second-order valence-electron chi connectivity index (χ2n) is 8.03. The largest absolute Gasteiger partial charge is 0.463 e. The number of aromatic nitrogens is 4. The highest BCUT2D eigenvalue weighted by atomic mass is 32.2. The Morgan fingerprint density at radius 1 is 1.41 bits per heavy atom. The van der Waals surface area contributed by atoms with Crippen LogP contribution in [0, 0.1) is 23.7 Å². The summed E-state index contributed by atoms with van der Waals surface area (Å²) < 4.78 is 70.0. The van der Waals surface area contributed by atoms with Crippen molar-refractivity contribution in [2.75, 3.05) is 18.6 Å². The molecule has 34 heavy (non-hydrogen) atoms. The predicted octanol–water partition coefficient (Wildman–Crippen LogP) is 3.71. The fourth-order valence-corrected chi connectivity index (χ4v) is 5.58. The number of pyridine rings is 2. The van der Waals surface area contributed by atoms with E-state index in [1.54, 1.807) is 6.92 Å². The summed E-state index contributed by atoms with van der Waals surface area (Å²) in [5, 5.41) is 3.23. The van der Waals surface area contributed by atoms with E-state index in [4.69, 9.17) is 17.3 Å². The van der Waals surface area contributed by atoms with Crippen LogP contribution in [-0.2, 0) is 5.54 Å². The molecule has 0 radical (unpaired) electrons. The second kappa shape index (κ2) is 8.36. The van der Waals surface area contributed by atoms with Crippen LogP contribution in [0.2, 0.25) is 0 Å². The number of hydrogen-bond donors (Lipinski definition) is 2. The number of amidine groups is 1. The van der Waals surface area contributed by atoms with Crippen LogP contribution in [0.5, 0.6) is 5.88 Å². The molecule has 1 fully saturated rings. The lowest BCUT2D eigenvalue weighted by molar-refractivity contribution is 0.355. The van der Waals surface area contributed by atoms with Crippen LogP contribution in [-0.4, -0.2) is 43.1 Å². The Kier molecular flexibility index (Phi) is 4.18.